The molecule has 9 nitrogen and oxygen atoms in total. The number of carbonyl (C=O) groups excluding carboxylic acids is 1. The van der Waals surface area contributed by atoms with Crippen molar-refractivity contribution >= 4 is 17.1 Å². The molecule has 2 aromatic carbocycles. The SMILES string of the molecule is NC(=O)OCc1cc(-c2ccc(OCn3nnc4ccccc43)cc2)no1. The molecule has 0 aliphatic heterocycles. The minimum Gasteiger partial charge on any atom is -0.471 e. The molecular formula is C18H15N5O4. The van der Waals surface area contributed by atoms with Crippen LogP contribution in [0.4, 0.5) is 4.79 Å². The quantitative estimate of drug-likeness (QED) is 0.558. The van der Waals surface area contributed by atoms with Crippen molar-refractivity contribution in [2.45, 2.75) is 13.3 Å². The van der Waals surface area contributed by atoms with Gasteiger partial charge in [-0.25, -0.2) is 9.48 Å². The Morgan fingerprint density at radius 3 is 2.78 bits per heavy atom. The first-order valence-corrected chi connectivity index (χ1v) is 8.08. The maximum atomic E-state index is 10.6. The Kier molecular flexibility index (Phi) is 4.40. The maximum Gasteiger partial charge on any atom is 0.404 e. The van der Waals surface area contributed by atoms with Gasteiger partial charge in [-0.15, -0.1) is 5.10 Å². The summed E-state index contributed by atoms with van der Waals surface area (Å²) in [5, 5.41) is 12.1. The Labute approximate surface area is 153 Å². The zero-order chi connectivity index (χ0) is 18.6. The Hall–Kier alpha value is -3.88. The number of para-hydroxylation sites is 1. The van der Waals surface area contributed by atoms with Crippen molar-refractivity contribution in [1.29, 1.82) is 0 Å². The van der Waals surface area contributed by atoms with Crippen molar-refractivity contribution in [3.8, 4) is 17.0 Å². The third-order valence-electron chi connectivity index (χ3n) is 3.84. The van der Waals surface area contributed by atoms with Gasteiger partial charge in [0.2, 0.25) is 0 Å². The molecule has 4 rings (SSSR count). The average Bonchev–Trinajstić information content (AvgIpc) is 3.32. The molecule has 0 saturated heterocycles. The zero-order valence-electron chi connectivity index (χ0n) is 14.1. The van der Waals surface area contributed by atoms with Crippen LogP contribution < -0.4 is 10.5 Å². The summed E-state index contributed by atoms with van der Waals surface area (Å²) >= 11 is 0. The van der Waals surface area contributed by atoms with Crippen molar-refractivity contribution in [3.63, 3.8) is 0 Å². The van der Waals surface area contributed by atoms with Crippen LogP contribution in [0.2, 0.25) is 0 Å². The van der Waals surface area contributed by atoms with Crippen LogP contribution in [0.15, 0.2) is 59.1 Å². The Morgan fingerprint density at radius 2 is 1.96 bits per heavy atom. The van der Waals surface area contributed by atoms with E-state index in [0.717, 1.165) is 16.6 Å². The topological polar surface area (TPSA) is 118 Å². The molecule has 0 spiro atoms. The van der Waals surface area contributed by atoms with Crippen LogP contribution in [0.5, 0.6) is 5.75 Å². The van der Waals surface area contributed by atoms with Crippen molar-refractivity contribution in [3.05, 3.63) is 60.4 Å². The van der Waals surface area contributed by atoms with E-state index >= 15 is 0 Å². The van der Waals surface area contributed by atoms with Gasteiger partial charge in [-0.3, -0.25) is 0 Å². The van der Waals surface area contributed by atoms with Crippen LogP contribution in [0.1, 0.15) is 5.76 Å². The predicted octanol–water partition coefficient (Wildman–Crippen LogP) is 2.72. The van der Waals surface area contributed by atoms with Gasteiger partial charge in [0.15, 0.2) is 19.1 Å². The van der Waals surface area contributed by atoms with E-state index in [0.29, 0.717) is 17.2 Å². The van der Waals surface area contributed by atoms with Gasteiger partial charge in [-0.05, 0) is 36.4 Å². The normalized spacial score (nSPS) is 10.8. The summed E-state index contributed by atoms with van der Waals surface area (Å²) in [6, 6.07) is 16.7. The molecule has 2 aromatic heterocycles. The number of hydrogen-bond donors (Lipinski definition) is 1. The molecule has 136 valence electrons. The van der Waals surface area contributed by atoms with Crippen LogP contribution in [-0.4, -0.2) is 26.2 Å². The molecular weight excluding hydrogens is 350 g/mol. The lowest BCUT2D eigenvalue weighted by Gasteiger charge is -2.07. The molecule has 0 saturated carbocycles. The van der Waals surface area contributed by atoms with Gasteiger partial charge >= 0.3 is 6.09 Å². The lowest BCUT2D eigenvalue weighted by molar-refractivity contribution is 0.137. The summed E-state index contributed by atoms with van der Waals surface area (Å²) in [6.45, 7) is 0.188. The van der Waals surface area contributed by atoms with E-state index in [-0.39, 0.29) is 13.3 Å². The fourth-order valence-corrected chi connectivity index (χ4v) is 2.53. The van der Waals surface area contributed by atoms with Crippen molar-refractivity contribution < 1.29 is 18.8 Å². The summed E-state index contributed by atoms with van der Waals surface area (Å²) in [7, 11) is 0. The molecule has 0 radical (unpaired) electrons. The Bertz CT molecular complexity index is 1070. The highest BCUT2D eigenvalue weighted by Crippen LogP contribution is 2.23. The van der Waals surface area contributed by atoms with Crippen molar-refractivity contribution in [2.24, 2.45) is 5.73 Å². The highest BCUT2D eigenvalue weighted by molar-refractivity contribution is 5.73. The first-order chi connectivity index (χ1) is 13.2. The molecule has 2 heterocycles. The second kappa shape index (κ2) is 7.16. The summed E-state index contributed by atoms with van der Waals surface area (Å²) < 4.78 is 17.2. The first-order valence-electron chi connectivity index (χ1n) is 8.08. The highest BCUT2D eigenvalue weighted by Gasteiger charge is 2.09. The van der Waals surface area contributed by atoms with Gasteiger partial charge in [0, 0.05) is 11.6 Å². The monoisotopic (exact) mass is 365 g/mol. The fourth-order valence-electron chi connectivity index (χ4n) is 2.53. The third-order valence-corrected chi connectivity index (χ3v) is 3.84. The van der Waals surface area contributed by atoms with E-state index < -0.39 is 6.09 Å². The number of nitrogens with two attached hydrogens (primary N) is 1. The maximum absolute atomic E-state index is 10.6. The first kappa shape index (κ1) is 16.6. The van der Waals surface area contributed by atoms with E-state index in [9.17, 15) is 4.79 Å². The summed E-state index contributed by atoms with van der Waals surface area (Å²) in [4.78, 5) is 10.6. The molecule has 0 bridgehead atoms. The molecule has 0 aliphatic rings. The smallest absolute Gasteiger partial charge is 0.404 e. The minimum absolute atomic E-state index is 0.0601. The van der Waals surface area contributed by atoms with Gasteiger partial charge < -0.3 is 19.7 Å². The van der Waals surface area contributed by atoms with E-state index in [2.05, 4.69) is 20.2 Å². The van der Waals surface area contributed by atoms with E-state index in [1.54, 1.807) is 10.7 Å². The van der Waals surface area contributed by atoms with Crippen molar-refractivity contribution in [2.75, 3.05) is 0 Å². The fraction of sp³-hybridized carbons (Fsp3) is 0.111. The van der Waals surface area contributed by atoms with Gasteiger partial charge in [0.1, 0.15) is 17.0 Å². The number of primary amides is 1. The van der Waals surface area contributed by atoms with E-state index in [1.165, 1.54) is 0 Å². The number of ether oxygens (including phenoxy) is 2. The number of nitrogens with zero attached hydrogens (tertiary/aromatic N) is 4. The molecule has 1 amide bonds. The van der Waals surface area contributed by atoms with Crippen LogP contribution in [0.3, 0.4) is 0 Å². The molecule has 0 unspecified atom stereocenters. The number of amides is 1. The second-order valence-electron chi connectivity index (χ2n) is 5.66. The van der Waals surface area contributed by atoms with Crippen LogP contribution >= 0.6 is 0 Å². The largest absolute Gasteiger partial charge is 0.471 e. The van der Waals surface area contributed by atoms with E-state index in [1.807, 2.05) is 48.5 Å². The molecule has 9 heteroatoms. The molecule has 27 heavy (non-hydrogen) atoms. The number of fused-ring (bicyclic) bond motifs is 1. The number of rotatable bonds is 6. The Morgan fingerprint density at radius 1 is 1.15 bits per heavy atom. The molecule has 0 aliphatic carbocycles. The number of aromatic nitrogens is 4. The molecule has 0 fully saturated rings. The van der Waals surface area contributed by atoms with Crippen molar-refractivity contribution in [1.82, 2.24) is 20.2 Å². The van der Waals surface area contributed by atoms with E-state index in [4.69, 9.17) is 15.0 Å². The summed E-state index contributed by atoms with van der Waals surface area (Å²) in [6.07, 6.45) is -0.866. The Balaban J connectivity index is 1.41. The second-order valence-corrected chi connectivity index (χ2v) is 5.66. The molecule has 0 atom stereocenters. The average molecular weight is 365 g/mol. The highest BCUT2D eigenvalue weighted by atomic mass is 16.6. The van der Waals surface area contributed by atoms with Gasteiger partial charge in [0.05, 0.1) is 5.52 Å². The predicted molar refractivity (Wildman–Crippen MR) is 94.5 cm³/mol. The van der Waals surface area contributed by atoms with Crippen LogP contribution in [-0.2, 0) is 18.1 Å². The van der Waals surface area contributed by atoms with Gasteiger partial charge in [-0.2, -0.15) is 0 Å². The minimum atomic E-state index is -0.866. The van der Waals surface area contributed by atoms with Crippen LogP contribution in [0.25, 0.3) is 22.3 Å². The van der Waals surface area contributed by atoms with Gasteiger partial charge in [-0.1, -0.05) is 22.5 Å². The lowest BCUT2D eigenvalue weighted by atomic mass is 10.1. The number of carbonyl (C=O) groups is 1. The lowest BCUT2D eigenvalue weighted by Crippen LogP contribution is -2.12. The zero-order valence-corrected chi connectivity index (χ0v) is 14.1. The summed E-state index contributed by atoms with van der Waals surface area (Å²) in [5.74, 6) is 1.08. The summed E-state index contributed by atoms with van der Waals surface area (Å²) in [5.41, 5.74) is 8.10. The molecule has 2 N–H and O–H groups in total. The third kappa shape index (κ3) is 3.71. The van der Waals surface area contributed by atoms with Crippen LogP contribution in [0, 0.1) is 0 Å². The standard InChI is InChI=1S/C18H15N5O4/c19-18(24)25-10-14-9-16(21-27-14)12-5-7-13(8-6-12)26-11-23-17-4-2-1-3-15(17)20-22-23/h1-9H,10-11H2,(H2,19,24). The number of benzene rings is 2. The van der Waals surface area contributed by atoms with Gasteiger partial charge in [0.25, 0.3) is 0 Å². The number of hydrogen-bond acceptors (Lipinski definition) is 7. The molecule has 4 aromatic rings.